The summed E-state index contributed by atoms with van der Waals surface area (Å²) < 4.78 is 33.7. The predicted octanol–water partition coefficient (Wildman–Crippen LogP) is 4.45. The third-order valence-corrected chi connectivity index (χ3v) is 4.29. The van der Waals surface area contributed by atoms with Crippen LogP contribution >= 0.6 is 0 Å². The van der Waals surface area contributed by atoms with Gasteiger partial charge in [0.05, 0.1) is 26.4 Å². The number of aromatic nitrogens is 1. The van der Waals surface area contributed by atoms with Gasteiger partial charge in [-0.3, -0.25) is 0 Å². The Labute approximate surface area is 175 Å². The van der Waals surface area contributed by atoms with Crippen LogP contribution in [0.2, 0.25) is 0 Å². The van der Waals surface area contributed by atoms with E-state index in [1.54, 1.807) is 0 Å². The van der Waals surface area contributed by atoms with Gasteiger partial charge >= 0.3 is 0 Å². The predicted molar refractivity (Wildman–Crippen MR) is 117 cm³/mol. The molecule has 0 bridgehead atoms. The molecule has 0 saturated carbocycles. The lowest BCUT2D eigenvalue weighted by Crippen LogP contribution is -2.11. The summed E-state index contributed by atoms with van der Waals surface area (Å²) >= 11 is 0. The van der Waals surface area contributed by atoms with E-state index in [1.165, 1.54) is 0 Å². The van der Waals surface area contributed by atoms with Gasteiger partial charge in [-0.2, -0.15) is 0 Å². The zero-order valence-electron chi connectivity index (χ0n) is 17.3. The van der Waals surface area contributed by atoms with E-state index in [2.05, 4.69) is 34.1 Å². The number of benzene rings is 2. The summed E-state index contributed by atoms with van der Waals surface area (Å²) in [5.74, 6) is 1.22. The highest BCUT2D eigenvalue weighted by molar-refractivity contribution is 5.77. The summed E-state index contributed by atoms with van der Waals surface area (Å²) in [5.41, 5.74) is 3.65. The molecule has 30 heavy (non-hydrogen) atoms. The molecule has 0 aliphatic carbocycles. The fourth-order valence-electron chi connectivity index (χ4n) is 2.73. The number of rotatable bonds is 12. The largest absolute Gasteiger partial charge is 0.491 e. The van der Waals surface area contributed by atoms with Crippen molar-refractivity contribution < 1.29 is 23.0 Å². The molecule has 1 heterocycles. The fourth-order valence-corrected chi connectivity index (χ4v) is 2.73. The van der Waals surface area contributed by atoms with Crippen LogP contribution in [0.25, 0.3) is 23.3 Å². The molecule has 0 saturated heterocycles. The van der Waals surface area contributed by atoms with Crippen LogP contribution in [-0.4, -0.2) is 58.8 Å². The maximum absolute atomic E-state index is 11.9. The van der Waals surface area contributed by atoms with E-state index < -0.39 is 6.67 Å². The zero-order chi connectivity index (χ0) is 21.2. The highest BCUT2D eigenvalue weighted by Crippen LogP contribution is 2.23. The Balaban J connectivity index is 1.50. The highest BCUT2D eigenvalue weighted by atomic mass is 19.1. The van der Waals surface area contributed by atoms with Crippen LogP contribution in [-0.2, 0) is 9.47 Å². The number of ether oxygens (including phenoxy) is 3. The monoisotopic (exact) mass is 414 g/mol. The minimum Gasteiger partial charge on any atom is -0.491 e. The van der Waals surface area contributed by atoms with Crippen molar-refractivity contribution in [3.05, 3.63) is 53.9 Å². The summed E-state index contributed by atoms with van der Waals surface area (Å²) in [6.45, 7) is 1.25. The first-order valence-corrected chi connectivity index (χ1v) is 9.86. The Morgan fingerprint density at radius 2 is 1.67 bits per heavy atom. The van der Waals surface area contributed by atoms with Crippen LogP contribution in [0, 0.1) is 0 Å². The van der Waals surface area contributed by atoms with E-state index >= 15 is 0 Å². The minimum absolute atomic E-state index is 0.108. The van der Waals surface area contributed by atoms with Crippen LogP contribution in [0.15, 0.2) is 46.9 Å². The van der Waals surface area contributed by atoms with Crippen LogP contribution in [0.5, 0.6) is 5.75 Å². The van der Waals surface area contributed by atoms with Gasteiger partial charge in [0, 0.05) is 31.9 Å². The maximum atomic E-state index is 11.9. The second-order valence-electron chi connectivity index (χ2n) is 6.76. The van der Waals surface area contributed by atoms with E-state index in [0.29, 0.717) is 43.7 Å². The van der Waals surface area contributed by atoms with Crippen molar-refractivity contribution in [3.63, 3.8) is 0 Å². The molecule has 0 amide bonds. The fraction of sp³-hybridized carbons (Fsp3) is 0.348. The van der Waals surface area contributed by atoms with E-state index in [4.69, 9.17) is 18.6 Å². The summed E-state index contributed by atoms with van der Waals surface area (Å²) in [6, 6.07) is 13.8. The van der Waals surface area contributed by atoms with E-state index in [1.807, 2.05) is 44.4 Å². The average Bonchev–Trinajstić information content (AvgIpc) is 3.16. The minimum atomic E-state index is -0.478. The Hall–Kier alpha value is -2.90. The van der Waals surface area contributed by atoms with Gasteiger partial charge in [0.2, 0.25) is 5.89 Å². The van der Waals surface area contributed by atoms with Crippen LogP contribution in [0.3, 0.4) is 0 Å². The molecule has 2 aromatic carbocycles. The molecule has 3 aromatic rings. The van der Waals surface area contributed by atoms with Crippen molar-refractivity contribution in [1.29, 1.82) is 0 Å². The molecule has 0 spiro atoms. The second-order valence-corrected chi connectivity index (χ2v) is 6.76. The van der Waals surface area contributed by atoms with Gasteiger partial charge in [-0.1, -0.05) is 12.1 Å². The number of fused-ring (bicyclic) bond motifs is 1. The normalized spacial score (nSPS) is 11.4. The Morgan fingerprint density at radius 3 is 2.40 bits per heavy atom. The summed E-state index contributed by atoms with van der Waals surface area (Å²) in [4.78, 5) is 6.54. The first-order valence-electron chi connectivity index (χ1n) is 9.86. The van der Waals surface area contributed by atoms with E-state index in [-0.39, 0.29) is 6.61 Å². The average molecular weight is 414 g/mol. The lowest BCUT2D eigenvalue weighted by Gasteiger charge is -2.11. The van der Waals surface area contributed by atoms with Gasteiger partial charge in [0.15, 0.2) is 5.58 Å². The first-order chi connectivity index (χ1) is 14.7. The van der Waals surface area contributed by atoms with Gasteiger partial charge in [-0.05, 0) is 35.9 Å². The van der Waals surface area contributed by atoms with Crippen molar-refractivity contribution >= 4 is 28.9 Å². The number of hydrogen-bond acceptors (Lipinski definition) is 6. The topological polar surface area (TPSA) is 57.0 Å². The molecule has 0 unspecified atom stereocenters. The third kappa shape index (κ3) is 6.57. The standard InChI is InChI=1S/C23H27FN2O4/c1-26(2)19-6-3-18(4-7-19)5-10-23-25-21-9-8-20(17-22(21)30-23)29-16-15-28-14-13-27-12-11-24/h3-10,17H,11-16H2,1-2H3/b10-5+. The number of nitrogens with zero attached hydrogens (tertiary/aromatic N) is 2. The van der Waals surface area contributed by atoms with Crippen molar-refractivity contribution in [2.45, 2.75) is 0 Å². The quantitative estimate of drug-likeness (QED) is 0.408. The zero-order valence-corrected chi connectivity index (χ0v) is 17.3. The lowest BCUT2D eigenvalue weighted by molar-refractivity contribution is 0.0325. The number of oxazole rings is 1. The van der Waals surface area contributed by atoms with Crippen molar-refractivity contribution in [2.24, 2.45) is 0 Å². The van der Waals surface area contributed by atoms with Gasteiger partial charge < -0.3 is 23.5 Å². The molecule has 0 fully saturated rings. The van der Waals surface area contributed by atoms with Crippen LogP contribution < -0.4 is 9.64 Å². The van der Waals surface area contributed by atoms with Crippen LogP contribution in [0.1, 0.15) is 11.5 Å². The smallest absolute Gasteiger partial charge is 0.220 e. The summed E-state index contributed by atoms with van der Waals surface area (Å²) in [5, 5.41) is 0. The molecule has 0 aliphatic heterocycles. The van der Waals surface area contributed by atoms with E-state index in [0.717, 1.165) is 16.8 Å². The molecular weight excluding hydrogens is 387 g/mol. The number of hydrogen-bond donors (Lipinski definition) is 0. The Kier molecular flexibility index (Phi) is 8.23. The summed E-state index contributed by atoms with van der Waals surface area (Å²) in [7, 11) is 4.03. The van der Waals surface area contributed by atoms with E-state index in [9.17, 15) is 4.39 Å². The maximum Gasteiger partial charge on any atom is 0.220 e. The molecule has 7 heteroatoms. The Bertz CT molecular complexity index is 938. The number of halogens is 1. The molecule has 0 atom stereocenters. The first kappa shape index (κ1) is 21.8. The number of alkyl halides is 1. The molecule has 0 radical (unpaired) electrons. The van der Waals surface area contributed by atoms with Gasteiger partial charge in [-0.25, -0.2) is 9.37 Å². The van der Waals surface area contributed by atoms with Gasteiger partial charge in [0.1, 0.15) is 24.5 Å². The SMILES string of the molecule is CN(C)c1ccc(/C=C/c2nc3ccc(OCCOCCOCCF)cc3o2)cc1. The molecular formula is C23H27FN2O4. The Morgan fingerprint density at radius 1 is 0.933 bits per heavy atom. The highest BCUT2D eigenvalue weighted by Gasteiger charge is 2.05. The third-order valence-electron chi connectivity index (χ3n) is 4.29. The van der Waals surface area contributed by atoms with Crippen molar-refractivity contribution in [3.8, 4) is 5.75 Å². The molecule has 3 rings (SSSR count). The summed E-state index contributed by atoms with van der Waals surface area (Å²) in [6.07, 6.45) is 3.82. The molecule has 1 aromatic heterocycles. The lowest BCUT2D eigenvalue weighted by atomic mass is 10.2. The van der Waals surface area contributed by atoms with Crippen LogP contribution in [0.4, 0.5) is 10.1 Å². The molecule has 6 nitrogen and oxygen atoms in total. The molecule has 0 N–H and O–H groups in total. The molecule has 0 aliphatic rings. The second kappa shape index (κ2) is 11.3. The van der Waals surface area contributed by atoms with Crippen molar-refractivity contribution in [2.75, 3.05) is 58.7 Å². The van der Waals surface area contributed by atoms with Gasteiger partial charge in [-0.15, -0.1) is 0 Å². The number of anilines is 1. The van der Waals surface area contributed by atoms with Gasteiger partial charge in [0.25, 0.3) is 0 Å². The molecule has 160 valence electrons. The van der Waals surface area contributed by atoms with Crippen molar-refractivity contribution in [1.82, 2.24) is 4.98 Å².